The fraction of sp³-hybridized carbons (Fsp3) is 0.455. The number of ether oxygens (including phenoxy) is 1. The predicted octanol–water partition coefficient (Wildman–Crippen LogP) is 3.39. The third kappa shape index (κ3) is 6.29. The minimum Gasteiger partial charge on any atom is -0.380 e. The maximum absolute atomic E-state index is 12.3. The van der Waals surface area contributed by atoms with Gasteiger partial charge in [0.1, 0.15) is 5.82 Å². The van der Waals surface area contributed by atoms with Crippen molar-refractivity contribution in [3.63, 3.8) is 0 Å². The van der Waals surface area contributed by atoms with Crippen molar-refractivity contribution in [2.75, 3.05) is 7.11 Å². The van der Waals surface area contributed by atoms with E-state index in [1.807, 2.05) is 0 Å². The van der Waals surface area contributed by atoms with Crippen LogP contribution >= 0.6 is 0 Å². The van der Waals surface area contributed by atoms with Crippen LogP contribution in [0.5, 0.6) is 0 Å². The first-order chi connectivity index (χ1) is 6.24. The summed E-state index contributed by atoms with van der Waals surface area (Å²) in [5.74, 6) is -0.208. The van der Waals surface area contributed by atoms with E-state index in [0.29, 0.717) is 6.61 Å². The summed E-state index contributed by atoms with van der Waals surface area (Å²) in [7, 11) is 1.61. The first-order valence-corrected chi connectivity index (χ1v) is 4.48. The van der Waals surface area contributed by atoms with Crippen LogP contribution in [-0.2, 0) is 11.3 Å². The molecule has 0 atom stereocenters. The topological polar surface area (TPSA) is 9.23 Å². The van der Waals surface area contributed by atoms with E-state index in [1.54, 1.807) is 19.2 Å². The van der Waals surface area contributed by atoms with E-state index in [1.165, 1.54) is 18.6 Å². The van der Waals surface area contributed by atoms with Crippen molar-refractivity contribution in [3.05, 3.63) is 35.6 Å². The minimum atomic E-state index is -0.208. The summed E-state index contributed by atoms with van der Waals surface area (Å²) in [6.07, 6.45) is 1.25. The van der Waals surface area contributed by atoms with Gasteiger partial charge in [0.2, 0.25) is 0 Å². The smallest absolute Gasteiger partial charge is 0.123 e. The molecular formula is C11H17FO. The molecule has 0 bridgehead atoms. The third-order valence-electron chi connectivity index (χ3n) is 1.22. The minimum absolute atomic E-state index is 0.208. The van der Waals surface area contributed by atoms with Crippen molar-refractivity contribution in [3.8, 4) is 0 Å². The zero-order valence-corrected chi connectivity index (χ0v) is 8.51. The van der Waals surface area contributed by atoms with Crippen LogP contribution in [0, 0.1) is 5.82 Å². The SMILES string of the molecule is CCC.COCc1ccc(F)cc1. The van der Waals surface area contributed by atoms with Crippen LogP contribution in [-0.4, -0.2) is 7.11 Å². The van der Waals surface area contributed by atoms with Gasteiger partial charge in [0, 0.05) is 7.11 Å². The predicted molar refractivity (Wildman–Crippen MR) is 53.1 cm³/mol. The molecule has 0 aromatic heterocycles. The fourth-order valence-electron chi connectivity index (χ4n) is 0.747. The van der Waals surface area contributed by atoms with Gasteiger partial charge < -0.3 is 4.74 Å². The standard InChI is InChI=1S/C8H9FO.C3H8/c1-10-6-7-2-4-8(9)5-3-7;1-3-2/h2-5H,6H2,1H3;3H2,1-2H3. The summed E-state index contributed by atoms with van der Waals surface area (Å²) in [5, 5.41) is 0. The summed E-state index contributed by atoms with van der Waals surface area (Å²) in [5.41, 5.74) is 0.990. The number of halogens is 1. The summed E-state index contributed by atoms with van der Waals surface area (Å²) >= 11 is 0. The highest BCUT2D eigenvalue weighted by atomic mass is 19.1. The molecule has 0 heterocycles. The lowest BCUT2D eigenvalue weighted by Crippen LogP contribution is -1.86. The van der Waals surface area contributed by atoms with Crippen LogP contribution in [0.3, 0.4) is 0 Å². The van der Waals surface area contributed by atoms with E-state index in [9.17, 15) is 4.39 Å². The Bertz CT molecular complexity index is 206. The number of hydrogen-bond donors (Lipinski definition) is 0. The lowest BCUT2D eigenvalue weighted by atomic mass is 10.2. The third-order valence-corrected chi connectivity index (χ3v) is 1.22. The zero-order valence-electron chi connectivity index (χ0n) is 8.51. The Morgan fingerprint density at radius 2 is 1.62 bits per heavy atom. The van der Waals surface area contributed by atoms with Gasteiger partial charge in [0.15, 0.2) is 0 Å². The van der Waals surface area contributed by atoms with Crippen molar-refractivity contribution >= 4 is 0 Å². The van der Waals surface area contributed by atoms with Crippen molar-refractivity contribution < 1.29 is 9.13 Å². The van der Waals surface area contributed by atoms with Crippen molar-refractivity contribution in [1.82, 2.24) is 0 Å². The molecule has 0 aliphatic heterocycles. The van der Waals surface area contributed by atoms with E-state index in [2.05, 4.69) is 13.8 Å². The van der Waals surface area contributed by atoms with Gasteiger partial charge in [0.05, 0.1) is 6.61 Å². The lowest BCUT2D eigenvalue weighted by Gasteiger charge is -1.96. The molecule has 1 aromatic carbocycles. The van der Waals surface area contributed by atoms with E-state index in [0.717, 1.165) is 5.56 Å². The van der Waals surface area contributed by atoms with Crippen molar-refractivity contribution in [2.24, 2.45) is 0 Å². The first kappa shape index (κ1) is 12.1. The van der Waals surface area contributed by atoms with Gasteiger partial charge in [0.25, 0.3) is 0 Å². The quantitative estimate of drug-likeness (QED) is 0.684. The number of methoxy groups -OCH3 is 1. The zero-order chi connectivity index (χ0) is 10.1. The molecule has 74 valence electrons. The molecule has 1 nitrogen and oxygen atoms in total. The second-order valence-electron chi connectivity index (χ2n) is 2.77. The monoisotopic (exact) mass is 184 g/mol. The van der Waals surface area contributed by atoms with E-state index in [4.69, 9.17) is 4.74 Å². The summed E-state index contributed by atoms with van der Waals surface area (Å²) in [4.78, 5) is 0. The second-order valence-corrected chi connectivity index (χ2v) is 2.77. The average molecular weight is 184 g/mol. The second kappa shape index (κ2) is 7.74. The molecule has 2 heteroatoms. The van der Waals surface area contributed by atoms with Crippen LogP contribution in [0.15, 0.2) is 24.3 Å². The van der Waals surface area contributed by atoms with Crippen LogP contribution in [0.2, 0.25) is 0 Å². The molecule has 13 heavy (non-hydrogen) atoms. The Morgan fingerprint density at radius 3 is 2.00 bits per heavy atom. The number of hydrogen-bond acceptors (Lipinski definition) is 1. The van der Waals surface area contributed by atoms with Crippen LogP contribution in [0.4, 0.5) is 4.39 Å². The molecule has 0 unspecified atom stereocenters. The Hall–Kier alpha value is -0.890. The van der Waals surface area contributed by atoms with Crippen LogP contribution in [0.25, 0.3) is 0 Å². The normalized spacial score (nSPS) is 8.92. The molecular weight excluding hydrogens is 167 g/mol. The summed E-state index contributed by atoms with van der Waals surface area (Å²) in [6.45, 7) is 4.79. The Kier molecular flexibility index (Phi) is 7.21. The molecule has 0 spiro atoms. The van der Waals surface area contributed by atoms with Crippen LogP contribution in [0.1, 0.15) is 25.8 Å². The van der Waals surface area contributed by atoms with Gasteiger partial charge in [-0.15, -0.1) is 0 Å². The first-order valence-electron chi connectivity index (χ1n) is 4.48. The Balaban J connectivity index is 0.000000424. The maximum atomic E-state index is 12.3. The largest absolute Gasteiger partial charge is 0.380 e. The van der Waals surface area contributed by atoms with Gasteiger partial charge in [-0.3, -0.25) is 0 Å². The van der Waals surface area contributed by atoms with Crippen molar-refractivity contribution in [1.29, 1.82) is 0 Å². The molecule has 0 N–H and O–H groups in total. The van der Waals surface area contributed by atoms with Gasteiger partial charge in [-0.05, 0) is 17.7 Å². The molecule has 0 saturated heterocycles. The Morgan fingerprint density at radius 1 is 1.15 bits per heavy atom. The van der Waals surface area contributed by atoms with Gasteiger partial charge in [-0.1, -0.05) is 32.4 Å². The number of benzene rings is 1. The fourth-order valence-corrected chi connectivity index (χ4v) is 0.747. The molecule has 1 aromatic rings. The highest BCUT2D eigenvalue weighted by Crippen LogP contribution is 2.02. The van der Waals surface area contributed by atoms with E-state index in [-0.39, 0.29) is 5.82 Å². The molecule has 0 amide bonds. The molecule has 0 radical (unpaired) electrons. The number of rotatable bonds is 2. The lowest BCUT2D eigenvalue weighted by molar-refractivity contribution is 0.185. The molecule has 0 saturated carbocycles. The van der Waals surface area contributed by atoms with Crippen LogP contribution < -0.4 is 0 Å². The highest BCUT2D eigenvalue weighted by Gasteiger charge is 1.90. The summed E-state index contributed by atoms with van der Waals surface area (Å²) in [6, 6.07) is 6.26. The van der Waals surface area contributed by atoms with Gasteiger partial charge >= 0.3 is 0 Å². The van der Waals surface area contributed by atoms with Crippen molar-refractivity contribution in [2.45, 2.75) is 26.9 Å². The highest BCUT2D eigenvalue weighted by molar-refractivity contribution is 5.14. The molecule has 0 aliphatic carbocycles. The van der Waals surface area contributed by atoms with Gasteiger partial charge in [-0.2, -0.15) is 0 Å². The average Bonchev–Trinajstić information content (AvgIpc) is 2.11. The Labute approximate surface area is 79.5 Å². The molecule has 0 aliphatic rings. The molecule has 0 fully saturated rings. The van der Waals surface area contributed by atoms with E-state index >= 15 is 0 Å². The summed E-state index contributed by atoms with van der Waals surface area (Å²) < 4.78 is 17.1. The maximum Gasteiger partial charge on any atom is 0.123 e. The molecule has 1 rings (SSSR count). The van der Waals surface area contributed by atoms with E-state index < -0.39 is 0 Å². The van der Waals surface area contributed by atoms with Gasteiger partial charge in [-0.25, -0.2) is 4.39 Å².